The number of halogens is 1. The molecule has 212 valence electrons. The molecule has 0 aliphatic carbocycles. The van der Waals surface area contributed by atoms with Crippen LogP contribution < -0.4 is 10.1 Å². The second-order valence-electron chi connectivity index (χ2n) is 10.4. The Morgan fingerprint density at radius 3 is 2.77 bits per heavy atom. The van der Waals surface area contributed by atoms with Gasteiger partial charge in [0.25, 0.3) is 0 Å². The zero-order valence-electron chi connectivity index (χ0n) is 22.7. The molecule has 1 fully saturated rings. The first-order valence-corrected chi connectivity index (χ1v) is 14.0. The van der Waals surface area contributed by atoms with Crippen LogP contribution in [0.1, 0.15) is 20.8 Å². The second kappa shape index (κ2) is 12.3. The van der Waals surface area contributed by atoms with E-state index in [0.717, 1.165) is 41.1 Å². The molecule has 0 spiro atoms. The van der Waals surface area contributed by atoms with Crippen LogP contribution in [0.3, 0.4) is 0 Å². The summed E-state index contributed by atoms with van der Waals surface area (Å²) in [4.78, 5) is 11.7. The van der Waals surface area contributed by atoms with Gasteiger partial charge in [-0.2, -0.15) is 5.10 Å². The Labute approximate surface area is 235 Å². The molecule has 1 saturated heterocycles. The molecular formula is C28H32FN5O5S. The summed E-state index contributed by atoms with van der Waals surface area (Å²) in [6.45, 7) is 8.75. The normalized spacial score (nSPS) is 13.8. The summed E-state index contributed by atoms with van der Waals surface area (Å²) in [6.07, 6.45) is 3.28. The number of benzene rings is 1. The SMILES string of the molecule is CC(C)(C)OC(=O)NCCOCCOc1cc(F)ccc1-c1nnc(-c2cnn(CC3COC3)c2)c2ccsc12. The number of carbonyl (C=O) groups is 1. The second-order valence-corrected chi connectivity index (χ2v) is 11.4. The van der Waals surface area contributed by atoms with E-state index in [-0.39, 0.29) is 19.8 Å². The van der Waals surface area contributed by atoms with Crippen molar-refractivity contribution >= 4 is 27.5 Å². The van der Waals surface area contributed by atoms with Gasteiger partial charge >= 0.3 is 6.09 Å². The van der Waals surface area contributed by atoms with Gasteiger partial charge in [-0.15, -0.1) is 21.5 Å². The number of hydrogen-bond acceptors (Lipinski definition) is 9. The van der Waals surface area contributed by atoms with E-state index in [0.29, 0.717) is 29.5 Å². The van der Waals surface area contributed by atoms with Crippen molar-refractivity contribution < 1.29 is 28.1 Å². The number of rotatable bonds is 11. The highest BCUT2D eigenvalue weighted by molar-refractivity contribution is 7.17. The highest BCUT2D eigenvalue weighted by Crippen LogP contribution is 2.39. The molecule has 0 bridgehead atoms. The lowest BCUT2D eigenvalue weighted by Gasteiger charge is -2.25. The molecule has 1 amide bonds. The zero-order chi connectivity index (χ0) is 28.1. The van der Waals surface area contributed by atoms with Gasteiger partial charge in [-0.05, 0) is 44.4 Å². The van der Waals surface area contributed by atoms with Gasteiger partial charge in [-0.25, -0.2) is 9.18 Å². The first kappa shape index (κ1) is 27.9. The number of amides is 1. The molecule has 0 unspecified atom stereocenters. The van der Waals surface area contributed by atoms with Crippen molar-refractivity contribution in [2.75, 3.05) is 39.6 Å². The summed E-state index contributed by atoms with van der Waals surface area (Å²) in [5.74, 6) is 0.416. The van der Waals surface area contributed by atoms with Crippen LogP contribution in [0, 0.1) is 11.7 Å². The van der Waals surface area contributed by atoms with Crippen LogP contribution >= 0.6 is 11.3 Å². The number of nitrogens with one attached hydrogen (secondary N) is 1. The van der Waals surface area contributed by atoms with Crippen LogP contribution in [0.5, 0.6) is 5.75 Å². The van der Waals surface area contributed by atoms with E-state index in [9.17, 15) is 9.18 Å². The molecule has 1 aliphatic rings. The summed E-state index contributed by atoms with van der Waals surface area (Å²) < 4.78 is 38.9. The molecule has 0 atom stereocenters. The van der Waals surface area contributed by atoms with E-state index in [1.807, 2.05) is 22.3 Å². The largest absolute Gasteiger partial charge is 0.490 e. The van der Waals surface area contributed by atoms with Gasteiger partial charge in [0.1, 0.15) is 35.2 Å². The molecule has 4 heterocycles. The third-order valence-corrected chi connectivity index (χ3v) is 6.96. The summed E-state index contributed by atoms with van der Waals surface area (Å²) >= 11 is 1.54. The van der Waals surface area contributed by atoms with Crippen LogP contribution in [0.2, 0.25) is 0 Å². The van der Waals surface area contributed by atoms with E-state index in [1.54, 1.807) is 33.0 Å². The lowest BCUT2D eigenvalue weighted by molar-refractivity contribution is -0.0408. The van der Waals surface area contributed by atoms with Crippen molar-refractivity contribution in [2.45, 2.75) is 32.9 Å². The Hall–Kier alpha value is -3.61. The smallest absolute Gasteiger partial charge is 0.407 e. The number of aromatic nitrogens is 4. The van der Waals surface area contributed by atoms with Gasteiger partial charge in [-0.3, -0.25) is 4.68 Å². The minimum Gasteiger partial charge on any atom is -0.490 e. The third kappa shape index (κ3) is 6.93. The predicted molar refractivity (Wildman–Crippen MR) is 149 cm³/mol. The van der Waals surface area contributed by atoms with Crippen LogP contribution in [0.15, 0.2) is 42.0 Å². The quantitative estimate of drug-likeness (QED) is 0.253. The Morgan fingerprint density at radius 2 is 2.00 bits per heavy atom. The number of fused-ring (bicyclic) bond motifs is 1. The predicted octanol–water partition coefficient (Wildman–Crippen LogP) is 4.93. The van der Waals surface area contributed by atoms with E-state index < -0.39 is 17.5 Å². The number of nitrogens with zero attached hydrogens (tertiary/aromatic N) is 4. The van der Waals surface area contributed by atoms with Crippen LogP contribution in [0.4, 0.5) is 9.18 Å². The number of ether oxygens (including phenoxy) is 4. The molecule has 3 aromatic heterocycles. The van der Waals surface area contributed by atoms with Crippen molar-refractivity contribution in [3.8, 4) is 28.3 Å². The van der Waals surface area contributed by atoms with E-state index in [4.69, 9.17) is 18.9 Å². The van der Waals surface area contributed by atoms with Gasteiger partial charge in [-0.1, -0.05) is 0 Å². The first-order valence-electron chi connectivity index (χ1n) is 13.1. The number of carbonyl (C=O) groups excluding carboxylic acids is 1. The Bertz CT molecular complexity index is 1460. The Morgan fingerprint density at radius 1 is 1.18 bits per heavy atom. The van der Waals surface area contributed by atoms with Crippen molar-refractivity contribution in [3.63, 3.8) is 0 Å². The standard InChI is InChI=1S/C28H32FN5O5S/c1-28(2,3)39-27(35)30-7-8-36-9-10-38-23-12-20(29)4-5-21(23)25-26-22(6-11-40-26)24(32-33-25)19-13-31-34(15-19)14-18-16-37-17-18/h4-6,11-13,15,18H,7-10,14,16-17H2,1-3H3,(H,30,35). The van der Waals surface area contributed by atoms with Gasteiger partial charge < -0.3 is 24.3 Å². The Balaban J connectivity index is 1.23. The summed E-state index contributed by atoms with van der Waals surface area (Å²) in [7, 11) is 0. The third-order valence-electron chi connectivity index (χ3n) is 6.04. The van der Waals surface area contributed by atoms with Crippen LogP contribution in [0.25, 0.3) is 32.6 Å². The molecule has 0 saturated carbocycles. The molecule has 4 aromatic rings. The van der Waals surface area contributed by atoms with Gasteiger partial charge in [0.2, 0.25) is 0 Å². The molecule has 1 N–H and O–H groups in total. The van der Waals surface area contributed by atoms with Gasteiger partial charge in [0.05, 0.1) is 37.3 Å². The topological polar surface area (TPSA) is 110 Å². The van der Waals surface area contributed by atoms with E-state index in [2.05, 4.69) is 20.6 Å². The van der Waals surface area contributed by atoms with E-state index in [1.165, 1.54) is 23.5 Å². The van der Waals surface area contributed by atoms with E-state index >= 15 is 0 Å². The minimum atomic E-state index is -0.560. The average Bonchev–Trinajstić information content (AvgIpc) is 3.55. The number of alkyl carbamates (subject to hydrolysis) is 1. The number of hydrogen-bond donors (Lipinski definition) is 1. The van der Waals surface area contributed by atoms with Crippen molar-refractivity contribution in [3.05, 3.63) is 47.9 Å². The van der Waals surface area contributed by atoms with Crippen molar-refractivity contribution in [1.29, 1.82) is 0 Å². The number of thiophene rings is 1. The molecular weight excluding hydrogens is 537 g/mol. The maximum absolute atomic E-state index is 14.2. The summed E-state index contributed by atoms with van der Waals surface area (Å²) in [5.41, 5.74) is 2.33. The maximum Gasteiger partial charge on any atom is 0.407 e. The lowest BCUT2D eigenvalue weighted by Crippen LogP contribution is -2.34. The first-order chi connectivity index (χ1) is 19.3. The highest BCUT2D eigenvalue weighted by atomic mass is 32.1. The Kier molecular flexibility index (Phi) is 8.57. The van der Waals surface area contributed by atoms with Crippen LogP contribution in [-0.4, -0.2) is 71.3 Å². The molecule has 12 heteroatoms. The molecule has 1 aromatic carbocycles. The lowest BCUT2D eigenvalue weighted by atomic mass is 10.1. The summed E-state index contributed by atoms with van der Waals surface area (Å²) in [6, 6.07) is 6.37. The summed E-state index contributed by atoms with van der Waals surface area (Å²) in [5, 5.41) is 19.1. The fourth-order valence-electron chi connectivity index (χ4n) is 4.17. The molecule has 5 rings (SSSR count). The zero-order valence-corrected chi connectivity index (χ0v) is 23.5. The van der Waals surface area contributed by atoms with Gasteiger partial charge in [0.15, 0.2) is 0 Å². The maximum atomic E-state index is 14.2. The fraction of sp³-hybridized carbons (Fsp3) is 0.429. The molecule has 40 heavy (non-hydrogen) atoms. The van der Waals surface area contributed by atoms with Crippen LogP contribution in [-0.2, 0) is 20.8 Å². The molecule has 0 radical (unpaired) electrons. The molecule has 10 nitrogen and oxygen atoms in total. The molecule has 1 aliphatic heterocycles. The highest BCUT2D eigenvalue weighted by Gasteiger charge is 2.21. The van der Waals surface area contributed by atoms with Gasteiger partial charge in [0, 0.05) is 47.8 Å². The fourth-order valence-corrected chi connectivity index (χ4v) is 5.07. The van der Waals surface area contributed by atoms with Crippen molar-refractivity contribution in [2.24, 2.45) is 5.92 Å². The minimum absolute atomic E-state index is 0.188. The monoisotopic (exact) mass is 569 g/mol. The van der Waals surface area contributed by atoms with Crippen molar-refractivity contribution in [1.82, 2.24) is 25.3 Å². The average molecular weight is 570 g/mol.